The van der Waals surface area contributed by atoms with E-state index in [0.717, 1.165) is 28.3 Å². The summed E-state index contributed by atoms with van der Waals surface area (Å²) >= 11 is 9.30. The number of hydrogen-bond acceptors (Lipinski definition) is 5. The SMILES string of the molecule is CNCc1sc(N(C)Cc2ccc(Cl)s2)nc1C. The van der Waals surface area contributed by atoms with E-state index in [0.29, 0.717) is 0 Å². The molecule has 18 heavy (non-hydrogen) atoms. The van der Waals surface area contributed by atoms with E-state index < -0.39 is 0 Å². The third-order valence-corrected chi connectivity index (χ3v) is 5.05. The van der Waals surface area contributed by atoms with Crippen LogP contribution in [0.4, 0.5) is 5.13 Å². The second kappa shape index (κ2) is 6.02. The highest BCUT2D eigenvalue weighted by Gasteiger charge is 2.11. The van der Waals surface area contributed by atoms with Crippen LogP contribution in [0.1, 0.15) is 15.4 Å². The summed E-state index contributed by atoms with van der Waals surface area (Å²) in [7, 11) is 4.02. The average Bonchev–Trinajstić information content (AvgIpc) is 2.87. The zero-order valence-corrected chi connectivity index (χ0v) is 13.0. The Bertz CT molecular complexity index is 521. The van der Waals surface area contributed by atoms with Gasteiger partial charge in [0, 0.05) is 23.3 Å². The van der Waals surface area contributed by atoms with Crippen molar-refractivity contribution in [2.45, 2.75) is 20.0 Å². The Balaban J connectivity index is 2.08. The molecule has 0 aliphatic heterocycles. The fourth-order valence-corrected chi connectivity index (χ4v) is 3.81. The van der Waals surface area contributed by atoms with Gasteiger partial charge in [-0.05, 0) is 26.1 Å². The fourth-order valence-electron chi connectivity index (χ4n) is 1.64. The Hall–Kier alpha value is -0.620. The quantitative estimate of drug-likeness (QED) is 0.916. The van der Waals surface area contributed by atoms with Crippen LogP contribution in [0.5, 0.6) is 0 Å². The van der Waals surface area contributed by atoms with Crippen molar-refractivity contribution in [3.63, 3.8) is 0 Å². The van der Waals surface area contributed by atoms with Crippen molar-refractivity contribution in [2.24, 2.45) is 0 Å². The number of aromatic nitrogens is 1. The highest BCUT2D eigenvalue weighted by molar-refractivity contribution is 7.16. The summed E-state index contributed by atoms with van der Waals surface area (Å²) in [4.78, 5) is 9.32. The van der Waals surface area contributed by atoms with Crippen LogP contribution in [0.15, 0.2) is 12.1 Å². The molecule has 0 bridgehead atoms. The minimum Gasteiger partial charge on any atom is -0.346 e. The van der Waals surface area contributed by atoms with E-state index in [-0.39, 0.29) is 0 Å². The predicted molar refractivity (Wildman–Crippen MR) is 81.1 cm³/mol. The molecule has 0 radical (unpaired) electrons. The minimum atomic E-state index is 0.838. The molecule has 0 aliphatic carbocycles. The van der Waals surface area contributed by atoms with Gasteiger partial charge in [-0.3, -0.25) is 0 Å². The molecule has 0 spiro atoms. The molecule has 0 aromatic carbocycles. The Morgan fingerprint density at radius 3 is 2.78 bits per heavy atom. The highest BCUT2D eigenvalue weighted by Crippen LogP contribution is 2.28. The lowest BCUT2D eigenvalue weighted by atomic mass is 10.4. The molecule has 0 unspecified atom stereocenters. The third-order valence-electron chi connectivity index (χ3n) is 2.57. The van der Waals surface area contributed by atoms with Crippen molar-refractivity contribution in [3.8, 4) is 0 Å². The van der Waals surface area contributed by atoms with Crippen molar-refractivity contribution in [2.75, 3.05) is 19.0 Å². The van der Waals surface area contributed by atoms with Crippen molar-refractivity contribution in [1.29, 1.82) is 0 Å². The molecule has 6 heteroatoms. The van der Waals surface area contributed by atoms with Gasteiger partial charge >= 0.3 is 0 Å². The van der Waals surface area contributed by atoms with Crippen molar-refractivity contribution in [1.82, 2.24) is 10.3 Å². The molecule has 0 atom stereocenters. The van der Waals surface area contributed by atoms with E-state index in [1.807, 2.05) is 13.1 Å². The van der Waals surface area contributed by atoms with Crippen LogP contribution in [0, 0.1) is 6.92 Å². The van der Waals surface area contributed by atoms with E-state index in [1.165, 1.54) is 9.75 Å². The van der Waals surface area contributed by atoms with Gasteiger partial charge in [-0.1, -0.05) is 11.6 Å². The second-order valence-electron chi connectivity index (χ2n) is 4.10. The molecule has 1 N–H and O–H groups in total. The maximum absolute atomic E-state index is 5.94. The Morgan fingerprint density at radius 1 is 1.39 bits per heavy atom. The molecule has 3 nitrogen and oxygen atoms in total. The first kappa shape index (κ1) is 13.8. The van der Waals surface area contributed by atoms with Crippen LogP contribution in [0.25, 0.3) is 0 Å². The summed E-state index contributed by atoms with van der Waals surface area (Å²) < 4.78 is 0.838. The van der Waals surface area contributed by atoms with Crippen LogP contribution in [-0.4, -0.2) is 19.1 Å². The van der Waals surface area contributed by atoms with Crippen LogP contribution in [0.3, 0.4) is 0 Å². The van der Waals surface area contributed by atoms with Gasteiger partial charge in [0.25, 0.3) is 0 Å². The standard InChI is InChI=1S/C12H16ClN3S2/c1-8-10(6-14-2)18-12(15-8)16(3)7-9-4-5-11(13)17-9/h4-5,14H,6-7H2,1-3H3. The van der Waals surface area contributed by atoms with Gasteiger partial charge in [0.15, 0.2) is 5.13 Å². The summed E-state index contributed by atoms with van der Waals surface area (Å²) in [5.41, 5.74) is 1.11. The number of thiophene rings is 1. The smallest absolute Gasteiger partial charge is 0.185 e. The molecular formula is C12H16ClN3S2. The number of thiazole rings is 1. The van der Waals surface area contributed by atoms with E-state index in [1.54, 1.807) is 22.7 Å². The Kier molecular flexibility index (Phi) is 4.61. The monoisotopic (exact) mass is 301 g/mol. The number of rotatable bonds is 5. The molecule has 2 heterocycles. The number of nitrogens with one attached hydrogen (secondary N) is 1. The molecular weight excluding hydrogens is 286 g/mol. The first-order chi connectivity index (χ1) is 8.60. The third kappa shape index (κ3) is 3.23. The summed E-state index contributed by atoms with van der Waals surface area (Å²) in [5.74, 6) is 0. The van der Waals surface area contributed by atoms with Crippen molar-refractivity contribution in [3.05, 3.63) is 31.9 Å². The highest BCUT2D eigenvalue weighted by atomic mass is 35.5. The molecule has 2 aromatic rings. The molecule has 98 valence electrons. The number of aryl methyl sites for hydroxylation is 1. The Morgan fingerprint density at radius 2 is 2.17 bits per heavy atom. The van der Waals surface area contributed by atoms with Crippen LogP contribution < -0.4 is 10.2 Å². The molecule has 2 aromatic heterocycles. The van der Waals surface area contributed by atoms with Gasteiger partial charge in [-0.15, -0.1) is 22.7 Å². The van der Waals surface area contributed by atoms with E-state index in [4.69, 9.17) is 11.6 Å². The number of halogens is 1. The predicted octanol–water partition coefficient (Wildman–Crippen LogP) is 3.52. The van der Waals surface area contributed by atoms with E-state index in [9.17, 15) is 0 Å². The average molecular weight is 302 g/mol. The van der Waals surface area contributed by atoms with Gasteiger partial charge < -0.3 is 10.2 Å². The molecule has 0 saturated heterocycles. The summed E-state index contributed by atoms with van der Waals surface area (Å²) in [6, 6.07) is 4.01. The topological polar surface area (TPSA) is 28.2 Å². The van der Waals surface area contributed by atoms with Gasteiger partial charge in [0.05, 0.1) is 16.6 Å². The van der Waals surface area contributed by atoms with Gasteiger partial charge in [0.2, 0.25) is 0 Å². The summed E-state index contributed by atoms with van der Waals surface area (Å²) in [6.45, 7) is 3.79. The van der Waals surface area contributed by atoms with Gasteiger partial charge in [-0.2, -0.15) is 0 Å². The summed E-state index contributed by atoms with van der Waals surface area (Å²) in [6.07, 6.45) is 0. The molecule has 0 fully saturated rings. The molecule has 0 amide bonds. The molecule has 0 saturated carbocycles. The number of nitrogens with zero attached hydrogens (tertiary/aromatic N) is 2. The zero-order chi connectivity index (χ0) is 13.1. The van der Waals surface area contributed by atoms with E-state index >= 15 is 0 Å². The van der Waals surface area contributed by atoms with Crippen LogP contribution in [-0.2, 0) is 13.1 Å². The van der Waals surface area contributed by atoms with E-state index in [2.05, 4.69) is 35.2 Å². The Labute approximate surface area is 120 Å². The first-order valence-electron chi connectivity index (χ1n) is 5.66. The second-order valence-corrected chi connectivity index (χ2v) is 6.96. The maximum Gasteiger partial charge on any atom is 0.185 e. The lowest BCUT2D eigenvalue weighted by molar-refractivity contribution is 0.822. The minimum absolute atomic E-state index is 0.838. The van der Waals surface area contributed by atoms with Crippen LogP contribution >= 0.6 is 34.3 Å². The van der Waals surface area contributed by atoms with Crippen molar-refractivity contribution < 1.29 is 0 Å². The normalized spacial score (nSPS) is 10.9. The molecule has 2 rings (SSSR count). The number of hydrogen-bond donors (Lipinski definition) is 1. The fraction of sp³-hybridized carbons (Fsp3) is 0.417. The largest absolute Gasteiger partial charge is 0.346 e. The van der Waals surface area contributed by atoms with Gasteiger partial charge in [-0.25, -0.2) is 4.98 Å². The van der Waals surface area contributed by atoms with Crippen LogP contribution in [0.2, 0.25) is 4.34 Å². The zero-order valence-electron chi connectivity index (χ0n) is 10.7. The molecule has 0 aliphatic rings. The van der Waals surface area contributed by atoms with Gasteiger partial charge in [0.1, 0.15) is 0 Å². The maximum atomic E-state index is 5.94. The first-order valence-corrected chi connectivity index (χ1v) is 7.67. The summed E-state index contributed by atoms with van der Waals surface area (Å²) in [5, 5.41) is 4.22. The number of anilines is 1. The van der Waals surface area contributed by atoms with Crippen molar-refractivity contribution >= 4 is 39.4 Å². The lowest BCUT2D eigenvalue weighted by Gasteiger charge is -2.14. The lowest BCUT2D eigenvalue weighted by Crippen LogP contribution is -2.15.